The molecule has 0 bridgehead atoms. The SMILES string of the molecule is CCC(CC)COc1ccc(/C(C)=N/O)cc1. The highest BCUT2D eigenvalue weighted by Gasteiger charge is 2.04. The van der Waals surface area contributed by atoms with E-state index in [4.69, 9.17) is 9.94 Å². The van der Waals surface area contributed by atoms with Crippen LogP contribution in [-0.2, 0) is 0 Å². The molecule has 0 radical (unpaired) electrons. The topological polar surface area (TPSA) is 41.8 Å². The monoisotopic (exact) mass is 235 g/mol. The molecule has 0 saturated carbocycles. The first-order chi connectivity index (χ1) is 8.21. The van der Waals surface area contributed by atoms with Crippen molar-refractivity contribution in [3.05, 3.63) is 29.8 Å². The van der Waals surface area contributed by atoms with Crippen molar-refractivity contribution < 1.29 is 9.94 Å². The maximum Gasteiger partial charge on any atom is 0.119 e. The zero-order chi connectivity index (χ0) is 12.7. The fraction of sp³-hybridized carbons (Fsp3) is 0.500. The number of oxime groups is 1. The summed E-state index contributed by atoms with van der Waals surface area (Å²) in [6.45, 7) is 6.89. The van der Waals surface area contributed by atoms with Gasteiger partial charge in [0, 0.05) is 0 Å². The summed E-state index contributed by atoms with van der Waals surface area (Å²) in [5, 5.41) is 11.8. The van der Waals surface area contributed by atoms with E-state index in [1.165, 1.54) is 0 Å². The molecule has 1 aromatic rings. The van der Waals surface area contributed by atoms with Crippen LogP contribution in [0, 0.1) is 5.92 Å². The van der Waals surface area contributed by atoms with Crippen molar-refractivity contribution in [3.8, 4) is 5.75 Å². The maximum absolute atomic E-state index is 8.65. The lowest BCUT2D eigenvalue weighted by Gasteiger charge is -2.13. The molecule has 1 aromatic carbocycles. The minimum atomic E-state index is 0.608. The molecule has 0 unspecified atom stereocenters. The molecule has 0 aliphatic heterocycles. The Labute approximate surface area is 103 Å². The Morgan fingerprint density at radius 3 is 2.29 bits per heavy atom. The van der Waals surface area contributed by atoms with E-state index in [1.807, 2.05) is 24.3 Å². The van der Waals surface area contributed by atoms with Gasteiger partial charge in [-0.15, -0.1) is 0 Å². The first-order valence-corrected chi connectivity index (χ1v) is 6.13. The van der Waals surface area contributed by atoms with Crippen LogP contribution in [0.25, 0.3) is 0 Å². The second kappa shape index (κ2) is 6.94. The van der Waals surface area contributed by atoms with Crippen molar-refractivity contribution in [2.75, 3.05) is 6.61 Å². The van der Waals surface area contributed by atoms with Gasteiger partial charge in [-0.05, 0) is 42.7 Å². The number of hydrogen-bond donors (Lipinski definition) is 1. The Bertz CT molecular complexity index is 353. The number of benzene rings is 1. The van der Waals surface area contributed by atoms with Gasteiger partial charge < -0.3 is 9.94 Å². The molecular weight excluding hydrogens is 214 g/mol. The van der Waals surface area contributed by atoms with E-state index in [1.54, 1.807) is 6.92 Å². The van der Waals surface area contributed by atoms with E-state index in [-0.39, 0.29) is 0 Å². The molecule has 0 heterocycles. The summed E-state index contributed by atoms with van der Waals surface area (Å²) < 4.78 is 5.72. The van der Waals surface area contributed by atoms with Crippen LogP contribution in [0.4, 0.5) is 0 Å². The van der Waals surface area contributed by atoms with E-state index >= 15 is 0 Å². The highest BCUT2D eigenvalue weighted by Crippen LogP contribution is 2.15. The van der Waals surface area contributed by atoms with Gasteiger partial charge in [0.1, 0.15) is 5.75 Å². The highest BCUT2D eigenvalue weighted by molar-refractivity contribution is 5.98. The quantitative estimate of drug-likeness (QED) is 0.464. The molecule has 0 saturated heterocycles. The van der Waals surface area contributed by atoms with Crippen LogP contribution in [0.15, 0.2) is 29.4 Å². The van der Waals surface area contributed by atoms with Gasteiger partial charge in [-0.3, -0.25) is 0 Å². The molecule has 0 spiro atoms. The second-order valence-electron chi connectivity index (χ2n) is 4.20. The van der Waals surface area contributed by atoms with Crippen LogP contribution in [0.5, 0.6) is 5.75 Å². The highest BCUT2D eigenvalue weighted by atomic mass is 16.5. The minimum Gasteiger partial charge on any atom is -0.493 e. The summed E-state index contributed by atoms with van der Waals surface area (Å²) in [6.07, 6.45) is 2.29. The molecule has 0 aromatic heterocycles. The number of ether oxygens (including phenoxy) is 1. The predicted octanol–water partition coefficient (Wildman–Crippen LogP) is 3.70. The first kappa shape index (κ1) is 13.6. The normalized spacial score (nSPS) is 11.9. The Morgan fingerprint density at radius 1 is 1.24 bits per heavy atom. The number of hydrogen-bond acceptors (Lipinski definition) is 3. The van der Waals surface area contributed by atoms with Crippen LogP contribution in [0.3, 0.4) is 0 Å². The lowest BCUT2D eigenvalue weighted by atomic mass is 10.1. The van der Waals surface area contributed by atoms with E-state index in [0.29, 0.717) is 11.6 Å². The van der Waals surface area contributed by atoms with Crippen molar-refractivity contribution in [1.82, 2.24) is 0 Å². The van der Waals surface area contributed by atoms with E-state index in [2.05, 4.69) is 19.0 Å². The fourth-order valence-electron chi connectivity index (χ4n) is 1.59. The molecule has 0 amide bonds. The minimum absolute atomic E-state index is 0.608. The predicted molar refractivity (Wildman–Crippen MR) is 70.0 cm³/mol. The second-order valence-corrected chi connectivity index (χ2v) is 4.20. The van der Waals surface area contributed by atoms with Gasteiger partial charge >= 0.3 is 0 Å². The average Bonchev–Trinajstić information content (AvgIpc) is 2.39. The van der Waals surface area contributed by atoms with Gasteiger partial charge in [0.15, 0.2) is 0 Å². The molecule has 0 fully saturated rings. The standard InChI is InChI=1S/C14H21NO2/c1-4-12(5-2)10-17-14-8-6-13(7-9-14)11(3)15-16/h6-9,12,16H,4-5,10H2,1-3H3/b15-11+. The number of nitrogens with zero attached hydrogens (tertiary/aromatic N) is 1. The van der Waals surface area contributed by atoms with E-state index in [0.717, 1.165) is 30.8 Å². The van der Waals surface area contributed by atoms with Gasteiger partial charge in [-0.2, -0.15) is 0 Å². The van der Waals surface area contributed by atoms with Gasteiger partial charge in [0.2, 0.25) is 0 Å². The maximum atomic E-state index is 8.65. The van der Waals surface area contributed by atoms with Crippen LogP contribution >= 0.6 is 0 Å². The molecule has 17 heavy (non-hydrogen) atoms. The fourth-order valence-corrected chi connectivity index (χ4v) is 1.59. The van der Waals surface area contributed by atoms with Crippen molar-refractivity contribution >= 4 is 5.71 Å². The van der Waals surface area contributed by atoms with Crippen molar-refractivity contribution in [1.29, 1.82) is 0 Å². The van der Waals surface area contributed by atoms with Gasteiger partial charge in [0.05, 0.1) is 12.3 Å². The third kappa shape index (κ3) is 4.10. The summed E-state index contributed by atoms with van der Waals surface area (Å²) in [6, 6.07) is 7.62. The molecular formula is C14H21NO2. The van der Waals surface area contributed by atoms with Crippen LogP contribution in [0.2, 0.25) is 0 Å². The third-order valence-corrected chi connectivity index (χ3v) is 3.06. The van der Waals surface area contributed by atoms with Gasteiger partial charge in [-0.25, -0.2) is 0 Å². The van der Waals surface area contributed by atoms with Crippen molar-refractivity contribution in [3.63, 3.8) is 0 Å². The summed E-state index contributed by atoms with van der Waals surface area (Å²) >= 11 is 0. The van der Waals surface area contributed by atoms with Crippen molar-refractivity contribution in [2.45, 2.75) is 33.6 Å². The Morgan fingerprint density at radius 2 is 1.82 bits per heavy atom. The Balaban J connectivity index is 2.57. The molecule has 0 aliphatic rings. The molecule has 3 heteroatoms. The Hall–Kier alpha value is -1.51. The van der Waals surface area contributed by atoms with Crippen LogP contribution < -0.4 is 4.74 Å². The molecule has 94 valence electrons. The van der Waals surface area contributed by atoms with Gasteiger partial charge in [0.25, 0.3) is 0 Å². The lowest BCUT2D eigenvalue weighted by molar-refractivity contribution is 0.240. The van der Waals surface area contributed by atoms with Gasteiger partial charge in [-0.1, -0.05) is 31.8 Å². The van der Waals surface area contributed by atoms with E-state index < -0.39 is 0 Å². The summed E-state index contributed by atoms with van der Waals surface area (Å²) in [5.74, 6) is 1.49. The van der Waals surface area contributed by atoms with Crippen LogP contribution in [-0.4, -0.2) is 17.5 Å². The van der Waals surface area contributed by atoms with E-state index in [9.17, 15) is 0 Å². The average molecular weight is 235 g/mol. The largest absolute Gasteiger partial charge is 0.493 e. The van der Waals surface area contributed by atoms with Crippen molar-refractivity contribution in [2.24, 2.45) is 11.1 Å². The smallest absolute Gasteiger partial charge is 0.119 e. The molecule has 0 atom stereocenters. The van der Waals surface area contributed by atoms with Crippen LogP contribution in [0.1, 0.15) is 39.2 Å². The summed E-state index contributed by atoms with van der Waals surface area (Å²) in [7, 11) is 0. The zero-order valence-electron chi connectivity index (χ0n) is 10.8. The molecule has 0 aliphatic carbocycles. The number of rotatable bonds is 6. The molecule has 1 rings (SSSR count). The molecule has 3 nitrogen and oxygen atoms in total. The summed E-state index contributed by atoms with van der Waals surface area (Å²) in [4.78, 5) is 0. The third-order valence-electron chi connectivity index (χ3n) is 3.06. The zero-order valence-corrected chi connectivity index (χ0v) is 10.8. The summed E-state index contributed by atoms with van der Waals surface area (Å²) in [5.41, 5.74) is 1.51. The lowest BCUT2D eigenvalue weighted by Crippen LogP contribution is -2.10. The Kier molecular flexibility index (Phi) is 5.53. The first-order valence-electron chi connectivity index (χ1n) is 6.13. The molecule has 1 N–H and O–H groups in total.